The number of nitrogens with one attached hydrogen (secondary N) is 1. The lowest BCUT2D eigenvalue weighted by atomic mass is 9.93. The predicted molar refractivity (Wildman–Crippen MR) is 62.1 cm³/mol. The van der Waals surface area contributed by atoms with Crippen molar-refractivity contribution in [2.45, 2.75) is 38.6 Å². The summed E-state index contributed by atoms with van der Waals surface area (Å²) in [6, 6.07) is 0.407. The van der Waals surface area contributed by atoms with Crippen molar-refractivity contribution in [2.24, 2.45) is 5.73 Å². The maximum Gasteiger partial charge on any atom is 0.203 e. The van der Waals surface area contributed by atoms with E-state index in [9.17, 15) is 0 Å². The summed E-state index contributed by atoms with van der Waals surface area (Å²) in [5.41, 5.74) is 6.99. The molecule has 2 rings (SSSR count). The number of aromatic nitrogens is 2. The first-order valence-corrected chi connectivity index (χ1v) is 5.55. The Morgan fingerprint density at radius 2 is 2.33 bits per heavy atom. The molecule has 15 heavy (non-hydrogen) atoms. The van der Waals surface area contributed by atoms with Crippen LogP contribution in [0.15, 0.2) is 6.20 Å². The summed E-state index contributed by atoms with van der Waals surface area (Å²) in [5, 5.41) is 3.32. The number of imidazole rings is 1. The molecule has 3 N–H and O–H groups in total. The van der Waals surface area contributed by atoms with Gasteiger partial charge in [-0.2, -0.15) is 0 Å². The van der Waals surface area contributed by atoms with Gasteiger partial charge in [0.05, 0.1) is 11.7 Å². The lowest BCUT2D eigenvalue weighted by molar-refractivity contribution is 0.467. The molecule has 0 saturated carbocycles. The topological polar surface area (TPSA) is 55.9 Å². The summed E-state index contributed by atoms with van der Waals surface area (Å²) >= 11 is 0. The monoisotopic (exact) mass is 208 g/mol. The summed E-state index contributed by atoms with van der Waals surface area (Å²) in [6.45, 7) is 8.20. The predicted octanol–water partition coefficient (Wildman–Crippen LogP) is 1.50. The zero-order valence-electron chi connectivity index (χ0n) is 9.75. The standard InChI is InChI=1S/C11H20N4/c1-11(2,3)9-7-15-8(6-12)4-5-13-10(15)14-9/h7-8H,4-6,12H2,1-3H3,(H,13,14). The molecule has 84 valence electrons. The van der Waals surface area contributed by atoms with Gasteiger partial charge in [-0.05, 0) is 6.42 Å². The second-order valence-electron chi connectivity index (χ2n) is 5.21. The maximum atomic E-state index is 5.76. The fourth-order valence-electron chi connectivity index (χ4n) is 1.89. The average Bonchev–Trinajstić information content (AvgIpc) is 2.59. The Kier molecular flexibility index (Phi) is 2.46. The highest BCUT2D eigenvalue weighted by molar-refractivity contribution is 5.34. The molecule has 0 bridgehead atoms. The van der Waals surface area contributed by atoms with Crippen molar-refractivity contribution in [3.8, 4) is 0 Å². The fourth-order valence-corrected chi connectivity index (χ4v) is 1.89. The Balaban J connectivity index is 2.37. The van der Waals surface area contributed by atoms with E-state index in [4.69, 9.17) is 5.73 Å². The number of fused-ring (bicyclic) bond motifs is 1. The zero-order chi connectivity index (χ0) is 11.1. The van der Waals surface area contributed by atoms with Crippen LogP contribution in [0, 0.1) is 0 Å². The molecule has 1 aromatic heterocycles. The number of rotatable bonds is 1. The second kappa shape index (κ2) is 3.52. The molecule has 0 aromatic carbocycles. The summed E-state index contributed by atoms with van der Waals surface area (Å²) in [4.78, 5) is 4.62. The van der Waals surface area contributed by atoms with Gasteiger partial charge in [-0.15, -0.1) is 0 Å². The van der Waals surface area contributed by atoms with Crippen LogP contribution in [0.5, 0.6) is 0 Å². The number of nitrogens with zero attached hydrogens (tertiary/aromatic N) is 2. The highest BCUT2D eigenvalue weighted by Crippen LogP contribution is 2.28. The zero-order valence-corrected chi connectivity index (χ0v) is 9.75. The van der Waals surface area contributed by atoms with Gasteiger partial charge in [0.15, 0.2) is 0 Å². The average molecular weight is 208 g/mol. The third-order valence-electron chi connectivity index (χ3n) is 2.93. The molecule has 0 spiro atoms. The first-order chi connectivity index (χ1) is 7.02. The summed E-state index contributed by atoms with van der Waals surface area (Å²) in [5.74, 6) is 0.974. The molecule has 0 saturated heterocycles. The Hall–Kier alpha value is -1.03. The van der Waals surface area contributed by atoms with Gasteiger partial charge in [0.1, 0.15) is 0 Å². The maximum absolute atomic E-state index is 5.76. The van der Waals surface area contributed by atoms with E-state index in [1.807, 2.05) is 0 Å². The minimum absolute atomic E-state index is 0.102. The highest BCUT2D eigenvalue weighted by Gasteiger charge is 2.24. The van der Waals surface area contributed by atoms with Crippen LogP contribution in [0.3, 0.4) is 0 Å². The first-order valence-electron chi connectivity index (χ1n) is 5.55. The van der Waals surface area contributed by atoms with E-state index in [2.05, 4.69) is 41.8 Å². The van der Waals surface area contributed by atoms with Crippen molar-refractivity contribution in [3.05, 3.63) is 11.9 Å². The van der Waals surface area contributed by atoms with E-state index in [1.54, 1.807) is 0 Å². The molecule has 4 heteroatoms. The molecule has 0 aliphatic carbocycles. The van der Waals surface area contributed by atoms with Crippen molar-refractivity contribution in [3.63, 3.8) is 0 Å². The molecule has 2 heterocycles. The van der Waals surface area contributed by atoms with Crippen molar-refractivity contribution < 1.29 is 0 Å². The van der Waals surface area contributed by atoms with Crippen molar-refractivity contribution >= 4 is 5.95 Å². The summed E-state index contributed by atoms with van der Waals surface area (Å²) in [7, 11) is 0. The molecular formula is C11H20N4. The van der Waals surface area contributed by atoms with Gasteiger partial charge >= 0.3 is 0 Å². The number of hydrogen-bond donors (Lipinski definition) is 2. The Morgan fingerprint density at radius 3 is 2.93 bits per heavy atom. The van der Waals surface area contributed by atoms with Crippen molar-refractivity contribution in [1.82, 2.24) is 9.55 Å². The van der Waals surface area contributed by atoms with Crippen LogP contribution in [-0.2, 0) is 5.41 Å². The number of nitrogens with two attached hydrogens (primary N) is 1. The van der Waals surface area contributed by atoms with Crippen LogP contribution in [0.1, 0.15) is 38.9 Å². The van der Waals surface area contributed by atoms with Gasteiger partial charge in [0, 0.05) is 24.7 Å². The van der Waals surface area contributed by atoms with Crippen molar-refractivity contribution in [1.29, 1.82) is 0 Å². The molecule has 4 nitrogen and oxygen atoms in total. The third-order valence-corrected chi connectivity index (χ3v) is 2.93. The van der Waals surface area contributed by atoms with Crippen LogP contribution in [0.25, 0.3) is 0 Å². The van der Waals surface area contributed by atoms with Gasteiger partial charge in [-0.1, -0.05) is 20.8 Å². The van der Waals surface area contributed by atoms with Gasteiger partial charge in [0.25, 0.3) is 0 Å². The molecule has 1 unspecified atom stereocenters. The smallest absolute Gasteiger partial charge is 0.203 e. The summed E-state index contributed by atoms with van der Waals surface area (Å²) in [6.07, 6.45) is 3.22. The number of hydrogen-bond acceptors (Lipinski definition) is 3. The molecule has 1 aromatic rings. The molecule has 1 aliphatic rings. The van der Waals surface area contributed by atoms with E-state index >= 15 is 0 Å². The van der Waals surface area contributed by atoms with E-state index in [-0.39, 0.29) is 5.41 Å². The van der Waals surface area contributed by atoms with Gasteiger partial charge in [0.2, 0.25) is 5.95 Å². The van der Waals surface area contributed by atoms with E-state index in [1.165, 1.54) is 0 Å². The largest absolute Gasteiger partial charge is 0.356 e. The van der Waals surface area contributed by atoms with E-state index < -0.39 is 0 Å². The van der Waals surface area contributed by atoms with E-state index in [0.29, 0.717) is 12.6 Å². The lowest BCUT2D eigenvalue weighted by Crippen LogP contribution is -2.27. The quantitative estimate of drug-likeness (QED) is 0.735. The van der Waals surface area contributed by atoms with Crippen LogP contribution >= 0.6 is 0 Å². The second-order valence-corrected chi connectivity index (χ2v) is 5.21. The SMILES string of the molecule is CC(C)(C)c1cn2c(n1)NCCC2CN. The highest BCUT2D eigenvalue weighted by atomic mass is 15.2. The normalized spacial score (nSPS) is 20.9. The van der Waals surface area contributed by atoms with Crippen LogP contribution in [-0.4, -0.2) is 22.6 Å². The molecule has 0 amide bonds. The Labute approximate surface area is 90.9 Å². The minimum atomic E-state index is 0.102. The van der Waals surface area contributed by atoms with Gasteiger partial charge in [-0.3, -0.25) is 0 Å². The molecular weight excluding hydrogens is 188 g/mol. The Bertz CT molecular complexity index is 348. The Morgan fingerprint density at radius 1 is 1.60 bits per heavy atom. The van der Waals surface area contributed by atoms with Crippen LogP contribution in [0.4, 0.5) is 5.95 Å². The first kappa shape index (κ1) is 10.5. The molecule has 1 atom stereocenters. The fraction of sp³-hybridized carbons (Fsp3) is 0.727. The van der Waals surface area contributed by atoms with Gasteiger partial charge < -0.3 is 15.6 Å². The van der Waals surface area contributed by atoms with E-state index in [0.717, 1.165) is 24.6 Å². The van der Waals surface area contributed by atoms with Gasteiger partial charge in [-0.25, -0.2) is 4.98 Å². The molecule has 0 fully saturated rings. The van der Waals surface area contributed by atoms with Crippen molar-refractivity contribution in [2.75, 3.05) is 18.4 Å². The van der Waals surface area contributed by atoms with Crippen LogP contribution in [0.2, 0.25) is 0 Å². The molecule has 1 aliphatic heterocycles. The number of anilines is 1. The molecule has 0 radical (unpaired) electrons. The minimum Gasteiger partial charge on any atom is -0.356 e. The summed E-state index contributed by atoms with van der Waals surface area (Å²) < 4.78 is 2.18. The van der Waals surface area contributed by atoms with Crippen LogP contribution < -0.4 is 11.1 Å². The lowest BCUT2D eigenvalue weighted by Gasteiger charge is -2.24. The third kappa shape index (κ3) is 1.86.